The molecular formula is C17H17Cl2FN2O3S. The van der Waals surface area contributed by atoms with Gasteiger partial charge in [0.1, 0.15) is 11.9 Å². The maximum absolute atomic E-state index is 13.2. The van der Waals surface area contributed by atoms with E-state index in [2.05, 4.69) is 5.32 Å². The van der Waals surface area contributed by atoms with Crippen molar-refractivity contribution in [1.29, 1.82) is 0 Å². The molecule has 9 heteroatoms. The Kier molecular flexibility index (Phi) is 6.49. The van der Waals surface area contributed by atoms with Gasteiger partial charge in [-0.05, 0) is 48.9 Å². The van der Waals surface area contributed by atoms with Crippen molar-refractivity contribution >= 4 is 50.5 Å². The lowest BCUT2D eigenvalue weighted by molar-refractivity contribution is -0.117. The Balaban J connectivity index is 2.39. The van der Waals surface area contributed by atoms with Crippen LogP contribution in [0.5, 0.6) is 0 Å². The van der Waals surface area contributed by atoms with E-state index in [1.807, 2.05) is 0 Å². The molecule has 1 N–H and O–H groups in total. The fraction of sp³-hybridized carbons (Fsp3) is 0.235. The zero-order valence-electron chi connectivity index (χ0n) is 14.0. The predicted octanol–water partition coefficient (Wildman–Crippen LogP) is 4.32. The third-order valence-electron chi connectivity index (χ3n) is 3.60. The highest BCUT2D eigenvalue weighted by Gasteiger charge is 2.31. The standard InChI is InChI=1S/C17H17Cl2FN2O3S/c1-3-16(17(23)21-15-10-11(18)4-9-14(15)19)22(26(2,24)25)13-7-5-12(20)6-8-13/h4-10,16H,3H2,1-2H3,(H,21,23). The molecule has 0 aliphatic heterocycles. The van der Waals surface area contributed by atoms with Crippen molar-refractivity contribution in [3.63, 3.8) is 0 Å². The second-order valence-corrected chi connectivity index (χ2v) is 8.28. The van der Waals surface area contributed by atoms with E-state index >= 15 is 0 Å². The number of carbonyl (C=O) groups is 1. The second kappa shape index (κ2) is 8.24. The van der Waals surface area contributed by atoms with Crippen molar-refractivity contribution in [2.75, 3.05) is 15.9 Å². The van der Waals surface area contributed by atoms with Gasteiger partial charge in [-0.15, -0.1) is 0 Å². The lowest BCUT2D eigenvalue weighted by Crippen LogP contribution is -2.47. The summed E-state index contributed by atoms with van der Waals surface area (Å²) in [5.74, 6) is -1.09. The van der Waals surface area contributed by atoms with Crippen molar-refractivity contribution < 1.29 is 17.6 Å². The molecule has 1 atom stereocenters. The molecule has 0 bridgehead atoms. The molecule has 0 saturated heterocycles. The van der Waals surface area contributed by atoms with Gasteiger partial charge in [0, 0.05) is 5.02 Å². The van der Waals surface area contributed by atoms with E-state index in [9.17, 15) is 17.6 Å². The SMILES string of the molecule is CCC(C(=O)Nc1cc(Cl)ccc1Cl)N(c1ccc(F)cc1)S(C)(=O)=O. The molecule has 0 aromatic heterocycles. The molecular weight excluding hydrogens is 402 g/mol. The minimum absolute atomic E-state index is 0.188. The van der Waals surface area contributed by atoms with E-state index in [4.69, 9.17) is 23.2 Å². The van der Waals surface area contributed by atoms with Crippen molar-refractivity contribution in [2.45, 2.75) is 19.4 Å². The summed E-state index contributed by atoms with van der Waals surface area (Å²) in [5.41, 5.74) is 0.461. The summed E-state index contributed by atoms with van der Waals surface area (Å²) in [6.07, 6.45) is 1.17. The van der Waals surface area contributed by atoms with Crippen LogP contribution in [0.3, 0.4) is 0 Å². The van der Waals surface area contributed by atoms with Crippen LogP contribution >= 0.6 is 23.2 Å². The minimum atomic E-state index is -3.81. The number of sulfonamides is 1. The summed E-state index contributed by atoms with van der Waals surface area (Å²) in [6.45, 7) is 1.67. The topological polar surface area (TPSA) is 66.5 Å². The normalized spacial score (nSPS) is 12.5. The Labute approximate surface area is 161 Å². The van der Waals surface area contributed by atoms with E-state index in [1.165, 1.54) is 24.3 Å². The number of benzene rings is 2. The number of nitrogens with one attached hydrogen (secondary N) is 1. The van der Waals surface area contributed by atoms with Crippen LogP contribution in [0.4, 0.5) is 15.8 Å². The number of hydrogen-bond donors (Lipinski definition) is 1. The molecule has 0 aliphatic carbocycles. The van der Waals surface area contributed by atoms with Crippen LogP contribution in [-0.2, 0) is 14.8 Å². The monoisotopic (exact) mass is 418 g/mol. The van der Waals surface area contributed by atoms with Crippen molar-refractivity contribution in [3.05, 3.63) is 58.3 Å². The Hall–Kier alpha value is -1.83. The molecule has 0 saturated carbocycles. The molecule has 0 spiro atoms. The Morgan fingerprint density at radius 3 is 2.35 bits per heavy atom. The summed E-state index contributed by atoms with van der Waals surface area (Å²) >= 11 is 12.0. The van der Waals surface area contributed by atoms with E-state index in [-0.39, 0.29) is 22.8 Å². The molecule has 1 unspecified atom stereocenters. The number of carbonyl (C=O) groups excluding carboxylic acids is 1. The fourth-order valence-corrected chi connectivity index (χ4v) is 4.01. The zero-order chi connectivity index (χ0) is 19.5. The number of hydrogen-bond acceptors (Lipinski definition) is 3. The first-order valence-electron chi connectivity index (χ1n) is 7.64. The smallest absolute Gasteiger partial charge is 0.248 e. The lowest BCUT2D eigenvalue weighted by atomic mass is 10.1. The zero-order valence-corrected chi connectivity index (χ0v) is 16.4. The van der Waals surface area contributed by atoms with Crippen molar-refractivity contribution in [3.8, 4) is 0 Å². The van der Waals surface area contributed by atoms with Gasteiger partial charge in [-0.25, -0.2) is 12.8 Å². The summed E-state index contributed by atoms with van der Waals surface area (Å²) in [7, 11) is -3.81. The van der Waals surface area contributed by atoms with Gasteiger partial charge in [0.05, 0.1) is 22.7 Å². The van der Waals surface area contributed by atoms with Crippen LogP contribution in [0.2, 0.25) is 10.0 Å². The van der Waals surface area contributed by atoms with E-state index in [0.29, 0.717) is 5.02 Å². The molecule has 2 rings (SSSR count). The van der Waals surface area contributed by atoms with Crippen LogP contribution in [0, 0.1) is 5.82 Å². The van der Waals surface area contributed by atoms with E-state index in [0.717, 1.165) is 22.7 Å². The molecule has 2 aromatic rings. The highest BCUT2D eigenvalue weighted by atomic mass is 35.5. The average molecular weight is 419 g/mol. The largest absolute Gasteiger partial charge is 0.323 e. The molecule has 0 fully saturated rings. The van der Waals surface area contributed by atoms with Crippen LogP contribution < -0.4 is 9.62 Å². The first kappa shape index (κ1) is 20.5. The van der Waals surface area contributed by atoms with Gasteiger partial charge < -0.3 is 5.32 Å². The third-order valence-corrected chi connectivity index (χ3v) is 5.34. The molecule has 0 radical (unpaired) electrons. The Morgan fingerprint density at radius 2 is 1.81 bits per heavy atom. The van der Waals surface area contributed by atoms with Gasteiger partial charge in [-0.1, -0.05) is 30.1 Å². The van der Waals surface area contributed by atoms with Crippen molar-refractivity contribution in [1.82, 2.24) is 0 Å². The number of halogens is 3. The highest BCUT2D eigenvalue weighted by molar-refractivity contribution is 7.92. The van der Waals surface area contributed by atoms with Gasteiger partial charge in [0.25, 0.3) is 0 Å². The Morgan fingerprint density at radius 1 is 1.19 bits per heavy atom. The molecule has 0 aliphatic rings. The second-order valence-electron chi connectivity index (χ2n) is 5.57. The maximum atomic E-state index is 13.2. The molecule has 140 valence electrons. The number of nitrogens with zero attached hydrogens (tertiary/aromatic N) is 1. The highest BCUT2D eigenvalue weighted by Crippen LogP contribution is 2.27. The van der Waals surface area contributed by atoms with Crippen LogP contribution in [0.15, 0.2) is 42.5 Å². The van der Waals surface area contributed by atoms with Gasteiger partial charge >= 0.3 is 0 Å². The van der Waals surface area contributed by atoms with Gasteiger partial charge in [0.2, 0.25) is 15.9 Å². The fourth-order valence-electron chi connectivity index (χ4n) is 2.46. The van der Waals surface area contributed by atoms with Crippen molar-refractivity contribution in [2.24, 2.45) is 0 Å². The lowest BCUT2D eigenvalue weighted by Gasteiger charge is -2.30. The summed E-state index contributed by atoms with van der Waals surface area (Å²) in [6, 6.07) is 8.38. The number of anilines is 2. The van der Waals surface area contributed by atoms with E-state index < -0.39 is 27.8 Å². The number of amides is 1. The van der Waals surface area contributed by atoms with Gasteiger partial charge in [-0.2, -0.15) is 0 Å². The van der Waals surface area contributed by atoms with Gasteiger partial charge in [0.15, 0.2) is 0 Å². The summed E-state index contributed by atoms with van der Waals surface area (Å²) < 4.78 is 38.7. The van der Waals surface area contributed by atoms with Crippen LogP contribution in [0.25, 0.3) is 0 Å². The predicted molar refractivity (Wildman–Crippen MR) is 103 cm³/mol. The summed E-state index contributed by atoms with van der Waals surface area (Å²) in [4.78, 5) is 12.7. The first-order valence-corrected chi connectivity index (χ1v) is 10.2. The molecule has 5 nitrogen and oxygen atoms in total. The first-order chi connectivity index (χ1) is 12.1. The molecule has 0 heterocycles. The summed E-state index contributed by atoms with van der Waals surface area (Å²) in [5, 5.41) is 3.24. The number of rotatable bonds is 6. The minimum Gasteiger partial charge on any atom is -0.323 e. The Bertz CT molecular complexity index is 905. The molecule has 26 heavy (non-hydrogen) atoms. The maximum Gasteiger partial charge on any atom is 0.248 e. The molecule has 1 amide bonds. The quantitative estimate of drug-likeness (QED) is 0.759. The van der Waals surface area contributed by atoms with Crippen LogP contribution in [-0.4, -0.2) is 26.6 Å². The third kappa shape index (κ3) is 4.87. The average Bonchev–Trinajstić information content (AvgIpc) is 2.56. The van der Waals surface area contributed by atoms with Crippen LogP contribution in [0.1, 0.15) is 13.3 Å². The van der Waals surface area contributed by atoms with Gasteiger partial charge in [-0.3, -0.25) is 9.10 Å². The molecule has 2 aromatic carbocycles. The van der Waals surface area contributed by atoms with E-state index in [1.54, 1.807) is 13.0 Å².